The standard InChI is InChI=1S/C17H22F3NO2/c1-21(2)15(22)14(16(23)10-4-3-5-11-16)12-6-8-13(9-7-12)17(18,19)20/h6-9,14,23H,3-5,10-11H2,1-2H3. The lowest BCUT2D eigenvalue weighted by molar-refractivity contribution is -0.139. The van der Waals surface area contributed by atoms with Gasteiger partial charge >= 0.3 is 6.18 Å². The number of carbonyl (C=O) groups is 1. The molecule has 3 nitrogen and oxygen atoms in total. The van der Waals surface area contributed by atoms with E-state index >= 15 is 0 Å². The largest absolute Gasteiger partial charge is 0.416 e. The van der Waals surface area contributed by atoms with Crippen molar-refractivity contribution in [1.82, 2.24) is 4.90 Å². The Morgan fingerprint density at radius 1 is 1.13 bits per heavy atom. The van der Waals surface area contributed by atoms with Crippen LogP contribution in [-0.4, -0.2) is 35.6 Å². The molecule has 0 aliphatic heterocycles. The predicted molar refractivity (Wildman–Crippen MR) is 80.9 cm³/mol. The summed E-state index contributed by atoms with van der Waals surface area (Å²) in [7, 11) is 3.18. The molecule has 1 aliphatic rings. The van der Waals surface area contributed by atoms with Gasteiger partial charge in [-0.3, -0.25) is 4.79 Å². The van der Waals surface area contributed by atoms with Crippen molar-refractivity contribution in [1.29, 1.82) is 0 Å². The summed E-state index contributed by atoms with van der Waals surface area (Å²) in [5.41, 5.74) is -1.52. The fourth-order valence-corrected chi connectivity index (χ4v) is 3.26. The molecule has 1 aliphatic carbocycles. The molecular formula is C17H22F3NO2. The highest BCUT2D eigenvalue weighted by Gasteiger charge is 2.44. The smallest absolute Gasteiger partial charge is 0.389 e. The molecule has 0 radical (unpaired) electrons. The minimum absolute atomic E-state index is 0.283. The molecule has 6 heteroatoms. The van der Waals surface area contributed by atoms with Crippen molar-refractivity contribution in [3.63, 3.8) is 0 Å². The van der Waals surface area contributed by atoms with E-state index in [1.54, 1.807) is 14.1 Å². The Labute approximate surface area is 134 Å². The second kappa shape index (κ2) is 6.51. The zero-order valence-electron chi connectivity index (χ0n) is 13.4. The van der Waals surface area contributed by atoms with Gasteiger partial charge in [-0.25, -0.2) is 0 Å². The second-order valence-electron chi connectivity index (χ2n) is 6.45. The first-order chi connectivity index (χ1) is 10.6. The van der Waals surface area contributed by atoms with Crippen LogP contribution < -0.4 is 0 Å². The summed E-state index contributed by atoms with van der Waals surface area (Å²) in [5.74, 6) is -1.12. The Balaban J connectivity index is 2.39. The summed E-state index contributed by atoms with van der Waals surface area (Å²) in [6.07, 6.45) is -0.821. The van der Waals surface area contributed by atoms with Crippen molar-refractivity contribution in [2.75, 3.05) is 14.1 Å². The van der Waals surface area contributed by atoms with Gasteiger partial charge in [0, 0.05) is 14.1 Å². The van der Waals surface area contributed by atoms with Crippen LogP contribution in [0.5, 0.6) is 0 Å². The van der Waals surface area contributed by atoms with E-state index in [0.717, 1.165) is 31.4 Å². The number of likely N-dealkylation sites (N-methyl/N-ethyl adjacent to an activating group) is 1. The summed E-state index contributed by atoms with van der Waals surface area (Å²) < 4.78 is 38.1. The number of alkyl halides is 3. The van der Waals surface area contributed by atoms with Crippen molar-refractivity contribution in [3.05, 3.63) is 35.4 Å². The normalized spacial score (nSPS) is 19.2. The second-order valence-corrected chi connectivity index (χ2v) is 6.45. The number of halogens is 3. The average Bonchev–Trinajstić information content (AvgIpc) is 2.47. The fourth-order valence-electron chi connectivity index (χ4n) is 3.26. The van der Waals surface area contributed by atoms with Gasteiger partial charge in [0.25, 0.3) is 0 Å². The van der Waals surface area contributed by atoms with E-state index in [1.807, 2.05) is 0 Å². The molecule has 2 rings (SSSR count). The predicted octanol–water partition coefficient (Wildman–Crippen LogP) is 3.57. The molecule has 1 unspecified atom stereocenters. The number of amides is 1. The van der Waals surface area contributed by atoms with Crippen LogP contribution in [-0.2, 0) is 11.0 Å². The van der Waals surface area contributed by atoms with E-state index in [4.69, 9.17) is 0 Å². The van der Waals surface area contributed by atoms with Crippen LogP contribution in [0.2, 0.25) is 0 Å². The first-order valence-corrected chi connectivity index (χ1v) is 7.76. The number of hydrogen-bond acceptors (Lipinski definition) is 2. The first kappa shape index (κ1) is 17.8. The monoisotopic (exact) mass is 329 g/mol. The van der Waals surface area contributed by atoms with E-state index in [-0.39, 0.29) is 5.91 Å². The highest BCUT2D eigenvalue weighted by atomic mass is 19.4. The maximum atomic E-state index is 12.7. The van der Waals surface area contributed by atoms with Gasteiger partial charge in [-0.15, -0.1) is 0 Å². The number of benzene rings is 1. The molecule has 0 bridgehead atoms. The third-order valence-electron chi connectivity index (χ3n) is 4.52. The zero-order valence-corrected chi connectivity index (χ0v) is 13.4. The first-order valence-electron chi connectivity index (χ1n) is 7.76. The van der Waals surface area contributed by atoms with Crippen LogP contribution in [0, 0.1) is 0 Å². The van der Waals surface area contributed by atoms with E-state index < -0.39 is 23.3 Å². The maximum Gasteiger partial charge on any atom is 0.416 e. The SMILES string of the molecule is CN(C)C(=O)C(c1ccc(C(F)(F)F)cc1)C1(O)CCCCC1. The highest BCUT2D eigenvalue weighted by Crippen LogP contribution is 2.41. The Morgan fingerprint density at radius 3 is 2.09 bits per heavy atom. The Kier molecular flexibility index (Phi) is 5.04. The molecule has 1 N–H and O–H groups in total. The number of carbonyl (C=O) groups excluding carboxylic acids is 1. The minimum Gasteiger partial charge on any atom is -0.389 e. The molecule has 0 aromatic heterocycles. The van der Waals surface area contributed by atoms with E-state index in [1.165, 1.54) is 17.0 Å². The molecule has 1 amide bonds. The van der Waals surface area contributed by atoms with Gasteiger partial charge < -0.3 is 10.0 Å². The van der Waals surface area contributed by atoms with Gasteiger partial charge in [-0.05, 0) is 30.5 Å². The molecule has 128 valence electrons. The average molecular weight is 329 g/mol. The van der Waals surface area contributed by atoms with Crippen LogP contribution in [0.1, 0.15) is 49.1 Å². The molecule has 1 saturated carbocycles. The third-order valence-corrected chi connectivity index (χ3v) is 4.52. The van der Waals surface area contributed by atoms with Crippen LogP contribution in [0.3, 0.4) is 0 Å². The molecule has 1 atom stereocenters. The van der Waals surface area contributed by atoms with Crippen molar-refractivity contribution < 1.29 is 23.1 Å². The van der Waals surface area contributed by atoms with Crippen LogP contribution in [0.4, 0.5) is 13.2 Å². The molecule has 0 heterocycles. The number of hydrogen-bond donors (Lipinski definition) is 1. The molecule has 0 saturated heterocycles. The summed E-state index contributed by atoms with van der Waals surface area (Å²) in [6.45, 7) is 0. The van der Waals surface area contributed by atoms with E-state index in [2.05, 4.69) is 0 Å². The molecule has 0 spiro atoms. The summed E-state index contributed by atoms with van der Waals surface area (Å²) in [6, 6.07) is 4.55. The summed E-state index contributed by atoms with van der Waals surface area (Å²) in [5, 5.41) is 11.0. The lowest BCUT2D eigenvalue weighted by Gasteiger charge is -2.39. The number of nitrogens with zero attached hydrogens (tertiary/aromatic N) is 1. The Bertz CT molecular complexity index is 546. The van der Waals surface area contributed by atoms with Gasteiger partial charge in [0.05, 0.1) is 17.1 Å². The van der Waals surface area contributed by atoms with Gasteiger partial charge in [-0.1, -0.05) is 31.4 Å². The van der Waals surface area contributed by atoms with E-state index in [0.29, 0.717) is 18.4 Å². The number of aliphatic hydroxyl groups is 1. The lowest BCUT2D eigenvalue weighted by atomic mass is 9.72. The topological polar surface area (TPSA) is 40.5 Å². The van der Waals surface area contributed by atoms with Crippen LogP contribution in [0.25, 0.3) is 0 Å². The van der Waals surface area contributed by atoms with E-state index in [9.17, 15) is 23.1 Å². The Morgan fingerprint density at radius 2 is 1.65 bits per heavy atom. The fraction of sp³-hybridized carbons (Fsp3) is 0.588. The van der Waals surface area contributed by atoms with Gasteiger partial charge in [0.15, 0.2) is 0 Å². The summed E-state index contributed by atoms with van der Waals surface area (Å²) in [4.78, 5) is 14.0. The quantitative estimate of drug-likeness (QED) is 0.921. The molecule has 1 fully saturated rings. The molecule has 1 aromatic carbocycles. The molecule has 23 heavy (non-hydrogen) atoms. The molecule has 1 aromatic rings. The molecular weight excluding hydrogens is 307 g/mol. The lowest BCUT2D eigenvalue weighted by Crippen LogP contribution is -2.46. The highest BCUT2D eigenvalue weighted by molar-refractivity contribution is 5.84. The van der Waals surface area contributed by atoms with Gasteiger partial charge in [-0.2, -0.15) is 13.2 Å². The summed E-state index contributed by atoms with van der Waals surface area (Å²) >= 11 is 0. The van der Waals surface area contributed by atoms with Crippen molar-refractivity contribution in [2.24, 2.45) is 0 Å². The van der Waals surface area contributed by atoms with Gasteiger partial charge in [0.1, 0.15) is 0 Å². The number of rotatable bonds is 3. The van der Waals surface area contributed by atoms with Gasteiger partial charge in [0.2, 0.25) is 5.91 Å². The minimum atomic E-state index is -4.42. The van der Waals surface area contributed by atoms with Crippen molar-refractivity contribution in [3.8, 4) is 0 Å². The maximum absolute atomic E-state index is 12.7. The van der Waals surface area contributed by atoms with Crippen molar-refractivity contribution in [2.45, 2.75) is 49.8 Å². The van der Waals surface area contributed by atoms with Crippen LogP contribution in [0.15, 0.2) is 24.3 Å². The zero-order chi connectivity index (χ0) is 17.3. The van der Waals surface area contributed by atoms with Crippen molar-refractivity contribution >= 4 is 5.91 Å². The van der Waals surface area contributed by atoms with Crippen LogP contribution >= 0.6 is 0 Å². The Hall–Kier alpha value is -1.56. The third kappa shape index (κ3) is 3.86.